The molecule has 2 aliphatic heterocycles. The predicted octanol–water partition coefficient (Wildman–Crippen LogP) is 2.54. The quantitative estimate of drug-likeness (QED) is 0.818. The number of nitrogens with one attached hydrogen (secondary N) is 1. The molecule has 2 aliphatic rings. The first-order valence-corrected chi connectivity index (χ1v) is 9.21. The van der Waals surface area contributed by atoms with Gasteiger partial charge in [-0.15, -0.1) is 0 Å². The molecule has 1 saturated heterocycles. The smallest absolute Gasteiger partial charge is 0.214 e. The number of hydrogen-bond donors (Lipinski definition) is 1. The Bertz CT molecular complexity index is 814. The number of carbonyl (C=O) groups excluding carboxylic acids is 1. The maximum absolute atomic E-state index is 11.8. The van der Waals surface area contributed by atoms with Gasteiger partial charge in [0.25, 0.3) is 0 Å². The number of carbonyl (C=O) groups is 1. The molecule has 3 heterocycles. The number of nitrogens with zero attached hydrogens (tertiary/aromatic N) is 3. The first-order valence-electron chi connectivity index (χ1n) is 9.21. The molecule has 1 N–H and O–H groups in total. The zero-order valence-corrected chi connectivity index (χ0v) is 15.4. The zero-order chi connectivity index (χ0) is 18.6. The number of rotatable bonds is 5. The summed E-state index contributed by atoms with van der Waals surface area (Å²) in [6.07, 6.45) is 3.67. The van der Waals surface area contributed by atoms with Crippen LogP contribution in [0.1, 0.15) is 12.0 Å². The van der Waals surface area contributed by atoms with E-state index in [1.807, 2.05) is 18.2 Å². The summed E-state index contributed by atoms with van der Waals surface area (Å²) < 4.78 is 11.0. The lowest BCUT2D eigenvalue weighted by Gasteiger charge is -2.35. The summed E-state index contributed by atoms with van der Waals surface area (Å²) >= 11 is 0. The number of aromatic nitrogens is 1. The van der Waals surface area contributed by atoms with Gasteiger partial charge in [-0.3, -0.25) is 4.79 Å². The predicted molar refractivity (Wildman–Crippen MR) is 105 cm³/mol. The highest BCUT2D eigenvalue weighted by Gasteiger charge is 2.24. The Morgan fingerprint density at radius 1 is 1.41 bits per heavy atom. The Morgan fingerprint density at radius 3 is 3.19 bits per heavy atom. The topological polar surface area (TPSA) is 66.9 Å². The van der Waals surface area contributed by atoms with Crippen LogP contribution >= 0.6 is 0 Å². The molecule has 0 spiro atoms. The average Bonchev–Trinajstić information content (AvgIpc) is 2.88. The van der Waals surface area contributed by atoms with Gasteiger partial charge in [-0.2, -0.15) is 0 Å². The van der Waals surface area contributed by atoms with Crippen molar-refractivity contribution in [2.45, 2.75) is 19.1 Å². The molecule has 1 atom stereocenters. The number of anilines is 4. The molecule has 0 radical (unpaired) electrons. The first kappa shape index (κ1) is 17.8. The SMILES string of the molecule is COCCC1CN(c2ccc3c(c2)N(C=O)Cc2cccnc2N3)CCO1. The van der Waals surface area contributed by atoms with Gasteiger partial charge in [0, 0.05) is 44.3 Å². The first-order chi connectivity index (χ1) is 13.3. The van der Waals surface area contributed by atoms with E-state index in [-0.39, 0.29) is 6.10 Å². The second-order valence-electron chi connectivity index (χ2n) is 6.79. The molecule has 1 aromatic carbocycles. The number of hydrogen-bond acceptors (Lipinski definition) is 6. The Balaban J connectivity index is 1.60. The molecule has 7 nitrogen and oxygen atoms in total. The summed E-state index contributed by atoms with van der Waals surface area (Å²) in [6, 6.07) is 10.0. The van der Waals surface area contributed by atoms with Crippen molar-refractivity contribution in [3.8, 4) is 0 Å². The minimum atomic E-state index is 0.159. The highest BCUT2D eigenvalue weighted by molar-refractivity contribution is 5.89. The number of ether oxygens (including phenoxy) is 2. The second-order valence-corrected chi connectivity index (χ2v) is 6.79. The summed E-state index contributed by atoms with van der Waals surface area (Å²) in [5, 5.41) is 3.36. The van der Waals surface area contributed by atoms with Gasteiger partial charge in [-0.1, -0.05) is 6.07 Å². The van der Waals surface area contributed by atoms with Gasteiger partial charge >= 0.3 is 0 Å². The minimum absolute atomic E-state index is 0.159. The maximum Gasteiger partial charge on any atom is 0.214 e. The number of morpholine rings is 1. The molecular weight excluding hydrogens is 344 g/mol. The van der Waals surface area contributed by atoms with Crippen LogP contribution in [0.2, 0.25) is 0 Å². The van der Waals surface area contributed by atoms with Crippen LogP contribution in [-0.2, 0) is 20.8 Å². The van der Waals surface area contributed by atoms with E-state index in [4.69, 9.17) is 9.47 Å². The molecule has 1 fully saturated rings. The molecule has 1 amide bonds. The standard InChI is InChI=1S/C20H24N4O3/c1-26-9-6-17-13-23(8-10-27-17)16-4-5-18-19(11-16)24(14-25)12-15-3-2-7-21-20(15)22-18/h2-5,7,11,14,17H,6,8-10,12-13H2,1H3,(H,21,22). The number of amides is 1. The van der Waals surface area contributed by atoms with Crippen molar-refractivity contribution in [1.29, 1.82) is 0 Å². The fraction of sp³-hybridized carbons (Fsp3) is 0.400. The van der Waals surface area contributed by atoms with Gasteiger partial charge in [0.05, 0.1) is 30.6 Å². The molecule has 2 aromatic rings. The Kier molecular flexibility index (Phi) is 5.22. The number of fused-ring (bicyclic) bond motifs is 2. The van der Waals surface area contributed by atoms with Gasteiger partial charge in [0.2, 0.25) is 6.41 Å². The molecule has 142 valence electrons. The Hall–Kier alpha value is -2.64. The fourth-order valence-corrected chi connectivity index (χ4v) is 3.61. The monoisotopic (exact) mass is 368 g/mol. The van der Waals surface area contributed by atoms with Gasteiger partial charge in [0.15, 0.2) is 0 Å². The molecule has 0 bridgehead atoms. The van der Waals surface area contributed by atoms with E-state index >= 15 is 0 Å². The minimum Gasteiger partial charge on any atom is -0.385 e. The third kappa shape index (κ3) is 3.74. The lowest BCUT2D eigenvalue weighted by molar-refractivity contribution is -0.107. The lowest BCUT2D eigenvalue weighted by atomic mass is 10.1. The molecular formula is C20H24N4O3. The largest absolute Gasteiger partial charge is 0.385 e. The van der Waals surface area contributed by atoms with Crippen molar-refractivity contribution >= 4 is 29.3 Å². The van der Waals surface area contributed by atoms with Crippen LogP contribution in [0.3, 0.4) is 0 Å². The van der Waals surface area contributed by atoms with Gasteiger partial charge in [-0.05, 0) is 30.7 Å². The molecule has 7 heteroatoms. The van der Waals surface area contributed by atoms with Gasteiger partial charge in [-0.25, -0.2) is 4.98 Å². The highest BCUT2D eigenvalue weighted by atomic mass is 16.5. The van der Waals surface area contributed by atoms with Crippen molar-refractivity contribution in [3.05, 3.63) is 42.1 Å². The van der Waals surface area contributed by atoms with E-state index in [1.54, 1.807) is 18.2 Å². The van der Waals surface area contributed by atoms with E-state index in [2.05, 4.69) is 27.3 Å². The Morgan fingerprint density at radius 2 is 2.33 bits per heavy atom. The van der Waals surface area contributed by atoms with Gasteiger partial charge in [0.1, 0.15) is 5.82 Å². The zero-order valence-electron chi connectivity index (χ0n) is 15.4. The summed E-state index contributed by atoms with van der Waals surface area (Å²) in [4.78, 5) is 20.2. The summed E-state index contributed by atoms with van der Waals surface area (Å²) in [7, 11) is 1.71. The van der Waals surface area contributed by atoms with E-state index < -0.39 is 0 Å². The lowest BCUT2D eigenvalue weighted by Crippen LogP contribution is -2.43. The molecule has 27 heavy (non-hydrogen) atoms. The van der Waals surface area contributed by atoms with E-state index in [0.29, 0.717) is 19.8 Å². The van der Waals surface area contributed by atoms with Gasteiger partial charge < -0.3 is 24.6 Å². The summed E-state index contributed by atoms with van der Waals surface area (Å²) in [6.45, 7) is 3.53. The van der Waals surface area contributed by atoms with Crippen LogP contribution in [0, 0.1) is 0 Å². The third-order valence-electron chi connectivity index (χ3n) is 5.05. The highest BCUT2D eigenvalue weighted by Crippen LogP contribution is 2.37. The molecule has 1 unspecified atom stereocenters. The van der Waals surface area contributed by atoms with E-state index in [0.717, 1.165) is 54.4 Å². The average molecular weight is 368 g/mol. The van der Waals surface area contributed by atoms with Crippen molar-refractivity contribution in [2.24, 2.45) is 0 Å². The maximum atomic E-state index is 11.8. The third-order valence-corrected chi connectivity index (χ3v) is 5.05. The van der Waals surface area contributed by atoms with Crippen molar-refractivity contribution in [3.63, 3.8) is 0 Å². The van der Waals surface area contributed by atoms with Crippen LogP contribution < -0.4 is 15.1 Å². The molecule has 0 aliphatic carbocycles. The number of methoxy groups -OCH3 is 1. The summed E-state index contributed by atoms with van der Waals surface area (Å²) in [5.41, 5.74) is 3.83. The van der Waals surface area contributed by atoms with Crippen LogP contribution in [0.15, 0.2) is 36.5 Å². The normalized spacial score (nSPS) is 18.9. The van der Waals surface area contributed by atoms with Crippen LogP contribution in [0.4, 0.5) is 22.9 Å². The summed E-state index contributed by atoms with van der Waals surface area (Å²) in [5.74, 6) is 0.793. The molecule has 4 rings (SSSR count). The van der Waals surface area contributed by atoms with E-state index in [9.17, 15) is 4.79 Å². The van der Waals surface area contributed by atoms with Crippen LogP contribution in [0.25, 0.3) is 0 Å². The second kappa shape index (κ2) is 7.94. The number of benzene rings is 1. The Labute approximate surface area is 158 Å². The fourth-order valence-electron chi connectivity index (χ4n) is 3.61. The molecule has 0 saturated carbocycles. The van der Waals surface area contributed by atoms with Crippen molar-refractivity contribution in [2.75, 3.05) is 48.5 Å². The van der Waals surface area contributed by atoms with E-state index in [1.165, 1.54) is 0 Å². The molecule has 1 aromatic heterocycles. The van der Waals surface area contributed by atoms with Crippen molar-refractivity contribution < 1.29 is 14.3 Å². The number of pyridine rings is 1. The van der Waals surface area contributed by atoms with Crippen LogP contribution in [0.5, 0.6) is 0 Å². The van der Waals surface area contributed by atoms with Crippen LogP contribution in [-0.4, -0.2) is 50.9 Å². The van der Waals surface area contributed by atoms with Crippen molar-refractivity contribution in [1.82, 2.24) is 4.98 Å².